The molecule has 39 valence electrons. The smallest absolute Gasteiger partial charge is 0.306 e. The summed E-state index contributed by atoms with van der Waals surface area (Å²) in [5.41, 5.74) is 0. The second kappa shape index (κ2) is 1.46. The molecule has 4 heteroatoms. The zero-order valence-corrected chi connectivity index (χ0v) is 3.59. The summed E-state index contributed by atoms with van der Waals surface area (Å²) in [7, 11) is 0. The molecule has 0 N–H and O–H groups in total. The molecule has 0 saturated carbocycles. The molecule has 7 heavy (non-hydrogen) atoms. The van der Waals surface area contributed by atoms with E-state index in [1.807, 2.05) is 0 Å². The van der Waals surface area contributed by atoms with Gasteiger partial charge in [0.05, 0.1) is 18.0 Å². The standard InChI is InChI=1S/C3H4NO3/c5-4(6)3-1-2-7-3/h1-2H2. The van der Waals surface area contributed by atoms with Gasteiger partial charge in [0.15, 0.2) is 0 Å². The minimum atomic E-state index is -0.497. The van der Waals surface area contributed by atoms with E-state index in [0.717, 1.165) is 0 Å². The lowest BCUT2D eigenvalue weighted by Crippen LogP contribution is -2.25. The fraction of sp³-hybridized carbons (Fsp3) is 0.667. The monoisotopic (exact) mass is 102 g/mol. The summed E-state index contributed by atoms with van der Waals surface area (Å²) in [6, 6.07) is 0. The third-order valence-electron chi connectivity index (χ3n) is 0.788. The van der Waals surface area contributed by atoms with Crippen molar-refractivity contribution in [2.24, 2.45) is 0 Å². The van der Waals surface area contributed by atoms with Gasteiger partial charge in [-0.25, -0.2) is 0 Å². The van der Waals surface area contributed by atoms with Gasteiger partial charge in [-0.05, 0) is 0 Å². The topological polar surface area (TPSA) is 52.4 Å². The summed E-state index contributed by atoms with van der Waals surface area (Å²) < 4.78 is 4.41. The molecule has 0 aromatic rings. The second-order valence-corrected chi connectivity index (χ2v) is 1.25. The molecule has 0 atom stereocenters. The van der Waals surface area contributed by atoms with Crippen molar-refractivity contribution >= 4 is 0 Å². The van der Waals surface area contributed by atoms with Crippen LogP contribution >= 0.6 is 0 Å². The molecule has 0 amide bonds. The van der Waals surface area contributed by atoms with Gasteiger partial charge in [0, 0.05) is 0 Å². The highest BCUT2D eigenvalue weighted by Gasteiger charge is 2.33. The molecular formula is C3H4NO3. The van der Waals surface area contributed by atoms with Crippen LogP contribution < -0.4 is 0 Å². The van der Waals surface area contributed by atoms with Crippen LogP contribution in [0.2, 0.25) is 0 Å². The van der Waals surface area contributed by atoms with Gasteiger partial charge in [-0.2, -0.15) is 0 Å². The molecule has 0 bridgehead atoms. The second-order valence-electron chi connectivity index (χ2n) is 1.25. The summed E-state index contributed by atoms with van der Waals surface area (Å²) in [5.74, 6) is 0. The first-order valence-corrected chi connectivity index (χ1v) is 1.94. The Hall–Kier alpha value is -0.640. The summed E-state index contributed by atoms with van der Waals surface area (Å²) in [4.78, 5) is 9.13. The fourth-order valence-electron chi connectivity index (χ4n) is 0.337. The van der Waals surface area contributed by atoms with E-state index < -0.39 is 4.92 Å². The summed E-state index contributed by atoms with van der Waals surface area (Å²) in [6.45, 7) is 0.510. The van der Waals surface area contributed by atoms with E-state index in [9.17, 15) is 10.1 Å². The Bertz CT molecular complexity index is 88.2. The van der Waals surface area contributed by atoms with Crippen LogP contribution in [-0.2, 0) is 4.74 Å². The Balaban J connectivity index is 2.27. The molecule has 1 aliphatic rings. The lowest BCUT2D eigenvalue weighted by Gasteiger charge is -2.13. The van der Waals surface area contributed by atoms with E-state index in [2.05, 4.69) is 4.74 Å². The fourth-order valence-corrected chi connectivity index (χ4v) is 0.337. The quantitative estimate of drug-likeness (QED) is 0.350. The van der Waals surface area contributed by atoms with Crippen LogP contribution in [0.3, 0.4) is 0 Å². The van der Waals surface area contributed by atoms with Crippen molar-refractivity contribution in [1.82, 2.24) is 0 Å². The SMILES string of the molecule is O=[N+]([O-])[C]1CCO1. The Morgan fingerprint density at radius 3 is 2.43 bits per heavy atom. The van der Waals surface area contributed by atoms with E-state index >= 15 is 0 Å². The number of nitrogens with zero attached hydrogens (tertiary/aromatic N) is 1. The highest BCUT2D eigenvalue weighted by molar-refractivity contribution is 4.71. The molecule has 0 aliphatic carbocycles. The number of hydrogen-bond acceptors (Lipinski definition) is 3. The van der Waals surface area contributed by atoms with Gasteiger partial charge in [-0.15, -0.1) is 0 Å². The molecule has 1 saturated heterocycles. The molecule has 4 nitrogen and oxygen atoms in total. The molecule has 1 aliphatic heterocycles. The minimum Gasteiger partial charge on any atom is -0.306 e. The molecule has 1 rings (SSSR count). The van der Waals surface area contributed by atoms with Crippen molar-refractivity contribution in [2.75, 3.05) is 6.61 Å². The van der Waals surface area contributed by atoms with Crippen LogP contribution in [0.4, 0.5) is 0 Å². The molecule has 0 aromatic heterocycles. The first-order chi connectivity index (χ1) is 3.30. The molecule has 1 heterocycles. The van der Waals surface area contributed by atoms with Crippen LogP contribution in [0.5, 0.6) is 0 Å². The third kappa shape index (κ3) is 0.691. The maximum absolute atomic E-state index is 9.63. The lowest BCUT2D eigenvalue weighted by molar-refractivity contribution is -0.532. The number of nitro groups is 1. The van der Waals surface area contributed by atoms with Crippen molar-refractivity contribution < 1.29 is 9.66 Å². The van der Waals surface area contributed by atoms with Crippen molar-refractivity contribution in [1.29, 1.82) is 0 Å². The number of hydrogen-bond donors (Lipinski definition) is 0. The van der Waals surface area contributed by atoms with E-state index in [4.69, 9.17) is 0 Å². The molecule has 1 fully saturated rings. The zero-order chi connectivity index (χ0) is 5.28. The molecule has 0 unspecified atom stereocenters. The first-order valence-electron chi connectivity index (χ1n) is 1.94. The van der Waals surface area contributed by atoms with E-state index in [-0.39, 0.29) is 6.23 Å². The summed E-state index contributed by atoms with van der Waals surface area (Å²) >= 11 is 0. The van der Waals surface area contributed by atoms with Crippen LogP contribution in [0.15, 0.2) is 0 Å². The van der Waals surface area contributed by atoms with Gasteiger partial charge in [0.1, 0.15) is 0 Å². The van der Waals surface area contributed by atoms with Crippen molar-refractivity contribution in [3.05, 3.63) is 16.3 Å². The Morgan fingerprint density at radius 1 is 1.86 bits per heavy atom. The molecule has 0 aromatic carbocycles. The number of rotatable bonds is 1. The predicted molar refractivity (Wildman–Crippen MR) is 20.8 cm³/mol. The third-order valence-corrected chi connectivity index (χ3v) is 0.788. The highest BCUT2D eigenvalue weighted by atomic mass is 16.7. The van der Waals surface area contributed by atoms with Gasteiger partial charge in [-0.3, -0.25) is 10.1 Å². The maximum atomic E-state index is 9.63. The number of ether oxygens (including phenoxy) is 1. The Kier molecular flexibility index (Phi) is 0.941. The van der Waals surface area contributed by atoms with Gasteiger partial charge in [-0.1, -0.05) is 0 Å². The first kappa shape index (κ1) is 4.52. The van der Waals surface area contributed by atoms with Gasteiger partial charge in [0.2, 0.25) is 0 Å². The normalized spacial score (nSPS) is 21.1. The Morgan fingerprint density at radius 2 is 2.43 bits per heavy atom. The van der Waals surface area contributed by atoms with E-state index in [0.29, 0.717) is 13.0 Å². The average Bonchev–Trinajstić information content (AvgIpc) is 1.23. The molecular weight excluding hydrogens is 98.0 g/mol. The summed E-state index contributed by atoms with van der Waals surface area (Å²) in [6.07, 6.45) is 0.493. The molecule has 0 spiro atoms. The predicted octanol–water partition coefficient (Wildman–Crippen LogP) is 0.173. The summed E-state index contributed by atoms with van der Waals surface area (Å²) in [5, 5.41) is 9.63. The van der Waals surface area contributed by atoms with E-state index in [1.165, 1.54) is 0 Å². The van der Waals surface area contributed by atoms with Crippen molar-refractivity contribution in [3.8, 4) is 0 Å². The Labute approximate surface area is 40.2 Å². The van der Waals surface area contributed by atoms with Gasteiger partial charge >= 0.3 is 6.23 Å². The van der Waals surface area contributed by atoms with E-state index in [1.54, 1.807) is 0 Å². The zero-order valence-electron chi connectivity index (χ0n) is 3.59. The average molecular weight is 102 g/mol. The largest absolute Gasteiger partial charge is 0.423 e. The van der Waals surface area contributed by atoms with Crippen molar-refractivity contribution in [2.45, 2.75) is 6.42 Å². The lowest BCUT2D eigenvalue weighted by atomic mass is 10.3. The van der Waals surface area contributed by atoms with Crippen LogP contribution in [0.25, 0.3) is 0 Å². The van der Waals surface area contributed by atoms with Gasteiger partial charge < -0.3 is 4.74 Å². The highest BCUT2D eigenvalue weighted by Crippen LogP contribution is 2.18. The van der Waals surface area contributed by atoms with Crippen molar-refractivity contribution in [3.63, 3.8) is 0 Å². The minimum absolute atomic E-state index is 0.000000000000000444. The van der Waals surface area contributed by atoms with Crippen LogP contribution in [0, 0.1) is 16.3 Å². The van der Waals surface area contributed by atoms with Crippen LogP contribution in [0.1, 0.15) is 6.42 Å². The van der Waals surface area contributed by atoms with Gasteiger partial charge in [0.25, 0.3) is 0 Å². The maximum Gasteiger partial charge on any atom is 0.423 e. The molecule has 1 radical (unpaired) electrons. The van der Waals surface area contributed by atoms with Crippen LogP contribution in [-0.4, -0.2) is 11.5 Å².